The summed E-state index contributed by atoms with van der Waals surface area (Å²) in [6.45, 7) is 12.7. The monoisotopic (exact) mass is 1080 g/mol. The molecule has 2 bridgehead atoms. The molecule has 9 atom stereocenters. The van der Waals surface area contributed by atoms with Crippen LogP contribution in [0.4, 0.5) is 0 Å². The molecule has 1 unspecified atom stereocenters. The van der Waals surface area contributed by atoms with E-state index in [4.69, 9.17) is 13.9 Å². The quantitative estimate of drug-likeness (QED) is 0.253. The summed E-state index contributed by atoms with van der Waals surface area (Å²) in [5, 5.41) is 51.0. The van der Waals surface area contributed by atoms with Crippen molar-refractivity contribution >= 4 is 20.1 Å². The molecule has 2 radical (unpaired) electrons. The third-order valence-electron chi connectivity index (χ3n) is 11.9. The number of fused-ring (bicyclic) bond motifs is 5. The fraction of sp³-hybridized carbons (Fsp3) is 0.697. The topological polar surface area (TPSA) is 146 Å². The molecule has 1 saturated heterocycles. The van der Waals surface area contributed by atoms with Crippen molar-refractivity contribution in [3.05, 3.63) is 47.0 Å². The molecule has 46 heavy (non-hydrogen) atoms. The summed E-state index contributed by atoms with van der Waals surface area (Å²) in [4.78, 5) is 28.2. The minimum Gasteiger partial charge on any atom is -0.849 e. The van der Waals surface area contributed by atoms with E-state index in [1.807, 2.05) is 0 Å². The van der Waals surface area contributed by atoms with Crippen molar-refractivity contribution in [1.82, 2.24) is 0 Å². The molecule has 3 fully saturated rings. The number of hydrogen-bond donors (Lipinski definition) is 3. The van der Waals surface area contributed by atoms with Crippen molar-refractivity contribution in [1.29, 1.82) is 0 Å². The molecule has 3 aliphatic carbocycles. The Bertz CT molecular complexity index is 1300. The Morgan fingerprint density at radius 3 is 2.13 bits per heavy atom. The Hall–Kier alpha value is 1.56. The Morgan fingerprint density at radius 2 is 1.63 bits per heavy atom. The maximum atomic E-state index is 14.4. The molecule has 244 valence electrons. The summed E-state index contributed by atoms with van der Waals surface area (Å²) in [5.41, 5.74) is -6.09. The molecule has 1 aromatic carbocycles. The van der Waals surface area contributed by atoms with Crippen LogP contribution in [0.5, 0.6) is 0 Å². The summed E-state index contributed by atoms with van der Waals surface area (Å²) in [7, 11) is -2.36. The molecule has 3 N–H and O–H groups in total. The molecule has 1 aromatic rings. The van der Waals surface area contributed by atoms with E-state index < -0.39 is 78.5 Å². The van der Waals surface area contributed by atoms with Crippen LogP contribution in [0.15, 0.2) is 41.5 Å². The van der Waals surface area contributed by atoms with Gasteiger partial charge in [0.1, 0.15) is 23.4 Å². The molecule has 5 rings (SSSR count). The molecule has 4 aliphatic rings. The summed E-state index contributed by atoms with van der Waals surface area (Å²) in [6.07, 6.45) is -6.27. The molecule has 1 heterocycles. The smallest absolute Gasteiger partial charge is 0.849 e. The first kappa shape index (κ1) is 43.7. The average molecular weight is 1080 g/mol. The van der Waals surface area contributed by atoms with Crippen molar-refractivity contribution < 1.29 is 151 Å². The van der Waals surface area contributed by atoms with Crippen LogP contribution in [-0.2, 0) is 18.7 Å². The normalized spacial score (nSPS) is 37.8. The van der Waals surface area contributed by atoms with Crippen LogP contribution in [0, 0.1) is 105 Å². The molecule has 13 heteroatoms. The van der Waals surface area contributed by atoms with E-state index in [1.54, 1.807) is 58.0 Å². The molecule has 0 spiro atoms. The Kier molecular flexibility index (Phi) is 14.9. The number of aliphatic hydroxyl groups is 3. The van der Waals surface area contributed by atoms with E-state index in [0.29, 0.717) is 0 Å². The van der Waals surface area contributed by atoms with Crippen LogP contribution in [0.1, 0.15) is 71.7 Å². The Balaban J connectivity index is 0.00000245. The third kappa shape index (κ3) is 6.54. The van der Waals surface area contributed by atoms with Gasteiger partial charge in [-0.1, -0.05) is 65.3 Å². The van der Waals surface area contributed by atoms with Gasteiger partial charge in [-0.15, -0.1) is 6.10 Å². The van der Waals surface area contributed by atoms with Crippen molar-refractivity contribution in [2.45, 2.75) is 121 Å². The van der Waals surface area contributed by atoms with Gasteiger partial charge < -0.3 is 34.3 Å². The van der Waals surface area contributed by atoms with E-state index in [1.165, 1.54) is 0 Å². The van der Waals surface area contributed by atoms with Gasteiger partial charge in [-0.25, -0.2) is 4.79 Å². The van der Waals surface area contributed by atoms with Gasteiger partial charge in [-0.3, -0.25) is 4.79 Å². The molecule has 2 saturated carbocycles. The number of benzene rings is 1. The Labute approximate surface area is 357 Å². The summed E-state index contributed by atoms with van der Waals surface area (Å²) >= 11 is 0. The van der Waals surface area contributed by atoms with Crippen LogP contribution in [0.25, 0.3) is 0 Å². The number of Topliss-reactive ketones (excluding diaryl/α,β-unsaturated/α-hetero) is 1. The number of hydrogen-bond acceptors (Lipinski definition) is 9. The predicted molar refractivity (Wildman–Crippen MR) is 159 cm³/mol. The fourth-order valence-electron chi connectivity index (χ4n) is 8.69. The fourth-order valence-corrected chi connectivity index (χ4v) is 11.6. The number of carbonyl (C=O) groups is 2. The first-order valence-electron chi connectivity index (χ1n) is 15.7. The van der Waals surface area contributed by atoms with Gasteiger partial charge in [-0.05, 0) is 43.6 Å². The predicted octanol–water partition coefficient (Wildman–Crippen LogP) is -0.0875. The largest absolute Gasteiger partial charge is 1.00 e. The zero-order valence-corrected chi connectivity index (χ0v) is 39.0. The minimum atomic E-state index is -2.36. The van der Waals surface area contributed by atoms with Gasteiger partial charge in [0.15, 0.2) is 14.1 Å². The van der Waals surface area contributed by atoms with Crippen LogP contribution in [-0.4, -0.2) is 83.7 Å². The van der Waals surface area contributed by atoms with Gasteiger partial charge in [0.25, 0.3) is 0 Å². The Morgan fingerprint density at radius 1 is 1.07 bits per heavy atom. The number of esters is 1. The van der Waals surface area contributed by atoms with Gasteiger partial charge >= 0.3 is 24.8 Å². The SMILES string of the molecule is CC[Si](CC)(CC)O[C@H]1C[C@H]2OC[C@@]2(O)C2[C@H](OC(=O)c3ccccc3)[C@]3(O)C[C@H]([O-])C(C)=C(C(=O)[C@@H](O)[C@@]21C)C3(C)C.[Ac].[Ac].[Li+]. The number of aliphatic hydroxyl groups excluding tert-OH is 1. The number of rotatable bonds is 7. The maximum absolute atomic E-state index is 14.4. The van der Waals surface area contributed by atoms with E-state index in [2.05, 4.69) is 20.8 Å². The van der Waals surface area contributed by atoms with Crippen LogP contribution < -0.4 is 24.0 Å². The molecular weight excluding hydrogens is 1030 g/mol. The van der Waals surface area contributed by atoms with Gasteiger partial charge in [0.2, 0.25) is 0 Å². The van der Waals surface area contributed by atoms with Crippen molar-refractivity contribution in [3.8, 4) is 0 Å². The molecular formula is C33H47Ac2LiO9Si. The van der Waals surface area contributed by atoms with Crippen molar-refractivity contribution in [3.63, 3.8) is 0 Å². The average Bonchev–Trinajstić information content (AvgIpc) is 2.98. The molecule has 1 aliphatic heterocycles. The zero-order chi connectivity index (χ0) is 31.8. The first-order valence-corrected chi connectivity index (χ1v) is 18.2. The van der Waals surface area contributed by atoms with Gasteiger partial charge in [0, 0.05) is 117 Å². The molecule has 0 aromatic heterocycles. The number of ether oxygens (including phenoxy) is 2. The molecule has 0 amide bonds. The maximum Gasteiger partial charge on any atom is 1.00 e. The second-order valence-corrected chi connectivity index (χ2v) is 18.7. The van der Waals surface area contributed by atoms with E-state index >= 15 is 0 Å². The van der Waals surface area contributed by atoms with Crippen LogP contribution >= 0.6 is 0 Å². The van der Waals surface area contributed by atoms with E-state index in [0.717, 1.165) is 18.1 Å². The van der Waals surface area contributed by atoms with Gasteiger partial charge in [-0.2, -0.15) is 0 Å². The minimum absolute atomic E-state index is 0. The zero-order valence-electron chi connectivity index (χ0n) is 28.5. The summed E-state index contributed by atoms with van der Waals surface area (Å²) in [5.74, 6) is -2.59. The number of ketones is 1. The van der Waals surface area contributed by atoms with E-state index in [9.17, 15) is 30.0 Å². The van der Waals surface area contributed by atoms with Crippen LogP contribution in [0.2, 0.25) is 18.1 Å². The molecule has 9 nitrogen and oxygen atoms in total. The third-order valence-corrected chi connectivity index (χ3v) is 16.6. The summed E-state index contributed by atoms with van der Waals surface area (Å²) < 4.78 is 19.2. The van der Waals surface area contributed by atoms with Crippen molar-refractivity contribution in [2.24, 2.45) is 16.7 Å². The first-order chi connectivity index (χ1) is 20.1. The second kappa shape index (κ2) is 15.7. The van der Waals surface area contributed by atoms with Crippen molar-refractivity contribution in [2.75, 3.05) is 6.61 Å². The second-order valence-electron chi connectivity index (χ2n) is 14.0. The standard InChI is InChI=1S/C33H47O9Si.2Ac.Li/c1-8-43(9-2,10-3)42-22-16-23-32(38,18-40-23)26-28(41-29(37)20-14-12-11-13-15-20)33(39)17-21(34)19(4)24(30(33,5)6)25(35)27(36)31(22,26)7;;;/h11-15,21-23,26-28,36,38-39H,8-10,16-18H2,1-7H3;;;/q-1;;;+1/t21-,22-,23+,26?,27+,28-,31+,32-,33+;;;/m0.../s1. The van der Waals surface area contributed by atoms with Crippen LogP contribution in [0.3, 0.4) is 0 Å². The van der Waals surface area contributed by atoms with Gasteiger partial charge in [0.05, 0.1) is 24.4 Å². The van der Waals surface area contributed by atoms with E-state index in [-0.39, 0.29) is 143 Å². The summed E-state index contributed by atoms with van der Waals surface area (Å²) in [6, 6.07) is 10.7. The number of carbonyl (C=O) groups excluding carboxylic acids is 2.